The number of nitrogens with zero attached hydrogens (tertiary/aromatic N) is 5. The quantitative estimate of drug-likeness (QED) is 0.208. The van der Waals surface area contributed by atoms with Gasteiger partial charge in [-0.2, -0.15) is 10.2 Å². The number of hydrogen-bond acceptors (Lipinski definition) is 5. The minimum Gasteiger partial charge on any atom is -0.245 e. The molecule has 2 aromatic heterocycles. The van der Waals surface area contributed by atoms with E-state index in [-0.39, 0.29) is 0 Å². The first-order valence-corrected chi connectivity index (χ1v) is 12.1. The molecule has 0 atom stereocenters. The molecule has 37 heavy (non-hydrogen) atoms. The van der Waals surface area contributed by atoms with Crippen LogP contribution in [0, 0.1) is 6.92 Å². The van der Waals surface area contributed by atoms with Crippen LogP contribution >= 0.6 is 0 Å². The molecule has 0 aliphatic carbocycles. The molecule has 0 amide bonds. The van der Waals surface area contributed by atoms with E-state index in [9.17, 15) is 0 Å². The number of hydrazone groups is 1. The van der Waals surface area contributed by atoms with Crippen molar-refractivity contribution in [2.75, 3.05) is 5.43 Å². The molecule has 0 saturated carbocycles. The highest BCUT2D eigenvalue weighted by Crippen LogP contribution is 2.28. The molecule has 0 fully saturated rings. The SMILES string of the molecule is Cc1ccc2nc(N/N=C/c3cn(-c4ccccc4)nc3-c3ccccc3)nc(-c3ccccc3)c2c1. The molecule has 6 nitrogen and oxygen atoms in total. The van der Waals surface area contributed by atoms with E-state index in [1.54, 1.807) is 6.21 Å². The summed E-state index contributed by atoms with van der Waals surface area (Å²) in [6, 6.07) is 36.5. The summed E-state index contributed by atoms with van der Waals surface area (Å²) in [5, 5.41) is 10.4. The van der Waals surface area contributed by atoms with Crippen LogP contribution in [0.5, 0.6) is 0 Å². The molecule has 0 aliphatic heterocycles. The Bertz CT molecular complexity index is 1690. The predicted molar refractivity (Wildman–Crippen MR) is 150 cm³/mol. The Morgan fingerprint density at radius 3 is 2.08 bits per heavy atom. The minimum atomic E-state index is 0.433. The van der Waals surface area contributed by atoms with Gasteiger partial charge in [-0.15, -0.1) is 0 Å². The van der Waals surface area contributed by atoms with Crippen LogP contribution in [0.4, 0.5) is 5.95 Å². The normalized spacial score (nSPS) is 11.3. The van der Waals surface area contributed by atoms with Crippen LogP contribution in [0.3, 0.4) is 0 Å². The van der Waals surface area contributed by atoms with Crippen molar-refractivity contribution in [3.05, 3.63) is 127 Å². The number of fused-ring (bicyclic) bond motifs is 1. The monoisotopic (exact) mass is 480 g/mol. The van der Waals surface area contributed by atoms with Gasteiger partial charge in [0, 0.05) is 28.3 Å². The van der Waals surface area contributed by atoms with E-state index in [0.29, 0.717) is 5.95 Å². The van der Waals surface area contributed by atoms with Crippen molar-refractivity contribution in [1.82, 2.24) is 19.7 Å². The van der Waals surface area contributed by atoms with E-state index in [0.717, 1.165) is 50.2 Å². The zero-order chi connectivity index (χ0) is 25.0. The zero-order valence-electron chi connectivity index (χ0n) is 20.3. The maximum atomic E-state index is 4.85. The van der Waals surface area contributed by atoms with Crippen molar-refractivity contribution in [2.45, 2.75) is 6.92 Å². The lowest BCUT2D eigenvalue weighted by molar-refractivity contribution is 0.884. The highest BCUT2D eigenvalue weighted by Gasteiger charge is 2.12. The van der Waals surface area contributed by atoms with Crippen LogP contribution in [0.25, 0.3) is 39.1 Å². The van der Waals surface area contributed by atoms with E-state index in [1.165, 1.54) is 0 Å². The van der Waals surface area contributed by atoms with Gasteiger partial charge in [-0.25, -0.2) is 20.1 Å². The maximum Gasteiger partial charge on any atom is 0.244 e. The number of nitrogens with one attached hydrogen (secondary N) is 1. The van der Waals surface area contributed by atoms with Gasteiger partial charge in [0.1, 0.15) is 5.69 Å². The summed E-state index contributed by atoms with van der Waals surface area (Å²) in [6.45, 7) is 2.07. The molecule has 0 aliphatic rings. The van der Waals surface area contributed by atoms with E-state index >= 15 is 0 Å². The third kappa shape index (κ3) is 4.73. The minimum absolute atomic E-state index is 0.433. The van der Waals surface area contributed by atoms with Crippen molar-refractivity contribution in [3.63, 3.8) is 0 Å². The Kier molecular flexibility index (Phi) is 5.97. The Balaban J connectivity index is 1.37. The van der Waals surface area contributed by atoms with Crippen LogP contribution in [-0.2, 0) is 0 Å². The molecule has 0 spiro atoms. The van der Waals surface area contributed by atoms with Gasteiger partial charge < -0.3 is 0 Å². The summed E-state index contributed by atoms with van der Waals surface area (Å²) in [5.74, 6) is 0.433. The van der Waals surface area contributed by atoms with Gasteiger partial charge in [0.25, 0.3) is 0 Å². The fourth-order valence-electron chi connectivity index (χ4n) is 4.28. The lowest BCUT2D eigenvalue weighted by atomic mass is 10.0. The number of hydrogen-bond donors (Lipinski definition) is 1. The molecule has 0 bridgehead atoms. The van der Waals surface area contributed by atoms with E-state index in [4.69, 9.17) is 15.1 Å². The van der Waals surface area contributed by atoms with Gasteiger partial charge in [0.05, 0.1) is 23.1 Å². The highest BCUT2D eigenvalue weighted by atomic mass is 15.3. The number of rotatable bonds is 6. The number of aromatic nitrogens is 4. The summed E-state index contributed by atoms with van der Waals surface area (Å²) in [7, 11) is 0. The van der Waals surface area contributed by atoms with Crippen molar-refractivity contribution in [1.29, 1.82) is 0 Å². The first kappa shape index (κ1) is 22.4. The van der Waals surface area contributed by atoms with Crippen LogP contribution in [0.15, 0.2) is 120 Å². The van der Waals surface area contributed by atoms with E-state index < -0.39 is 0 Å². The van der Waals surface area contributed by atoms with Gasteiger partial charge in [-0.05, 0) is 31.2 Å². The molecule has 1 N–H and O–H groups in total. The Morgan fingerprint density at radius 2 is 1.38 bits per heavy atom. The molecule has 6 heteroatoms. The lowest BCUT2D eigenvalue weighted by Crippen LogP contribution is -2.00. The van der Waals surface area contributed by atoms with Gasteiger partial charge in [-0.3, -0.25) is 0 Å². The fraction of sp³-hybridized carbons (Fsp3) is 0.0323. The second-order valence-electron chi connectivity index (χ2n) is 8.73. The third-order valence-corrected chi connectivity index (χ3v) is 6.08. The third-order valence-electron chi connectivity index (χ3n) is 6.08. The average Bonchev–Trinajstić information content (AvgIpc) is 3.38. The second-order valence-corrected chi connectivity index (χ2v) is 8.73. The highest BCUT2D eigenvalue weighted by molar-refractivity contribution is 5.94. The number of para-hydroxylation sites is 1. The summed E-state index contributed by atoms with van der Waals surface area (Å²) in [6.07, 6.45) is 3.74. The maximum absolute atomic E-state index is 4.85. The predicted octanol–water partition coefficient (Wildman–Crippen LogP) is 6.90. The molecule has 0 unspecified atom stereocenters. The van der Waals surface area contributed by atoms with Crippen molar-refractivity contribution in [2.24, 2.45) is 5.10 Å². The van der Waals surface area contributed by atoms with Crippen LogP contribution in [0.1, 0.15) is 11.1 Å². The second kappa shape index (κ2) is 9.87. The number of aryl methyl sites for hydroxylation is 1. The lowest BCUT2D eigenvalue weighted by Gasteiger charge is -2.09. The zero-order valence-corrected chi connectivity index (χ0v) is 20.3. The van der Waals surface area contributed by atoms with Crippen LogP contribution in [0.2, 0.25) is 0 Å². The largest absolute Gasteiger partial charge is 0.245 e. The summed E-state index contributed by atoms with van der Waals surface area (Å²) in [4.78, 5) is 9.53. The molecule has 0 radical (unpaired) electrons. The topological polar surface area (TPSA) is 68.0 Å². The Morgan fingerprint density at radius 1 is 0.730 bits per heavy atom. The molecular formula is C31H24N6. The molecule has 6 rings (SSSR count). The fourth-order valence-corrected chi connectivity index (χ4v) is 4.28. The summed E-state index contributed by atoms with van der Waals surface area (Å²) >= 11 is 0. The smallest absolute Gasteiger partial charge is 0.244 e. The summed E-state index contributed by atoms with van der Waals surface area (Å²) in [5.41, 5.74) is 10.7. The van der Waals surface area contributed by atoms with Gasteiger partial charge in [0.15, 0.2) is 0 Å². The molecule has 0 saturated heterocycles. The van der Waals surface area contributed by atoms with Crippen molar-refractivity contribution < 1.29 is 0 Å². The van der Waals surface area contributed by atoms with E-state index in [1.807, 2.05) is 95.8 Å². The van der Waals surface area contributed by atoms with Crippen molar-refractivity contribution >= 4 is 23.1 Å². The van der Waals surface area contributed by atoms with E-state index in [2.05, 4.69) is 41.7 Å². The molecule has 178 valence electrons. The number of anilines is 1. The molecule has 2 heterocycles. The standard InChI is InChI=1S/C31H24N6/c1-22-17-18-28-27(19-22)30(24-13-7-3-8-14-24)34-31(33-28)35-32-20-25-21-37(26-15-9-4-10-16-26)36-29(25)23-11-5-2-6-12-23/h2-21H,1H3,(H,33,34,35)/b32-20+. The number of benzene rings is 4. The molecule has 6 aromatic rings. The molecular weight excluding hydrogens is 456 g/mol. The average molecular weight is 481 g/mol. The van der Waals surface area contributed by atoms with Crippen molar-refractivity contribution in [3.8, 4) is 28.2 Å². The van der Waals surface area contributed by atoms with Gasteiger partial charge in [0.2, 0.25) is 5.95 Å². The first-order chi connectivity index (χ1) is 18.2. The Labute approximate surface area is 215 Å². The van der Waals surface area contributed by atoms with Crippen LogP contribution in [-0.4, -0.2) is 26.0 Å². The van der Waals surface area contributed by atoms with Gasteiger partial charge in [-0.1, -0.05) is 90.5 Å². The summed E-state index contributed by atoms with van der Waals surface area (Å²) < 4.78 is 1.87. The first-order valence-electron chi connectivity index (χ1n) is 12.1. The van der Waals surface area contributed by atoms with Crippen LogP contribution < -0.4 is 5.43 Å². The molecule has 4 aromatic carbocycles. The van der Waals surface area contributed by atoms with Gasteiger partial charge >= 0.3 is 0 Å². The Hall–Kier alpha value is -5.10.